The van der Waals surface area contributed by atoms with Crippen LogP contribution in [-0.4, -0.2) is 39.7 Å². The third-order valence-corrected chi connectivity index (χ3v) is 4.02. The number of carbonyl (C=O) groups is 1. The van der Waals surface area contributed by atoms with E-state index in [4.69, 9.17) is 14.2 Å². The number of ether oxygens (including phenoxy) is 3. The minimum absolute atomic E-state index is 0.141. The van der Waals surface area contributed by atoms with Crippen molar-refractivity contribution in [3.05, 3.63) is 54.1 Å². The topological polar surface area (TPSA) is 60.0 Å². The van der Waals surface area contributed by atoms with E-state index < -0.39 is 12.5 Å². The molecule has 1 aliphatic rings. The number of para-hydroxylation sites is 3. The van der Waals surface area contributed by atoms with E-state index in [0.717, 1.165) is 5.69 Å². The zero-order valence-electron chi connectivity index (χ0n) is 13.9. The predicted octanol–water partition coefficient (Wildman–Crippen LogP) is 2.71. The fraction of sp³-hybridized carbons (Fsp3) is 0.278. The van der Waals surface area contributed by atoms with Crippen LogP contribution in [0.5, 0.6) is 5.75 Å². The second-order valence-electron chi connectivity index (χ2n) is 5.32. The Morgan fingerprint density at radius 3 is 2.38 bits per heavy atom. The summed E-state index contributed by atoms with van der Waals surface area (Å²) in [4.78, 5) is 14.8. The Balaban J connectivity index is 2.13. The first-order chi connectivity index (χ1) is 11.7. The van der Waals surface area contributed by atoms with Gasteiger partial charge in [0.25, 0.3) is 5.91 Å². The highest BCUT2D eigenvalue weighted by Crippen LogP contribution is 2.36. The Kier molecular flexibility index (Phi) is 4.69. The van der Waals surface area contributed by atoms with Crippen LogP contribution in [0.2, 0.25) is 0 Å². The van der Waals surface area contributed by atoms with Crippen LogP contribution in [0.1, 0.15) is 10.4 Å². The molecule has 0 spiro atoms. The number of hydrogen-bond acceptors (Lipinski definition) is 5. The molecule has 0 bridgehead atoms. The smallest absolute Gasteiger partial charge is 0.262 e. The first kappa shape index (κ1) is 16.3. The molecule has 0 aliphatic carbocycles. The van der Waals surface area contributed by atoms with Gasteiger partial charge >= 0.3 is 0 Å². The van der Waals surface area contributed by atoms with Gasteiger partial charge in [0.05, 0.1) is 18.4 Å². The molecule has 2 aromatic carbocycles. The highest BCUT2D eigenvalue weighted by molar-refractivity contribution is 6.12. The zero-order valence-corrected chi connectivity index (χ0v) is 13.9. The number of fused-ring (bicyclic) bond motifs is 1. The number of benzene rings is 2. The Labute approximate surface area is 140 Å². The molecule has 1 heterocycles. The molecule has 1 N–H and O–H groups in total. The fourth-order valence-electron chi connectivity index (χ4n) is 2.91. The first-order valence-corrected chi connectivity index (χ1v) is 7.59. The lowest BCUT2D eigenvalue weighted by molar-refractivity contribution is -0.111. The summed E-state index contributed by atoms with van der Waals surface area (Å²) in [6, 6.07) is 14.7. The third kappa shape index (κ3) is 2.70. The summed E-state index contributed by atoms with van der Waals surface area (Å²) in [5, 5.41) is 3.33. The maximum absolute atomic E-state index is 13.2. The SMILES string of the molecule is COc1ccccc1N1C(=O)c2ccccc2N[C@@H]1C(OC)OC. The molecule has 24 heavy (non-hydrogen) atoms. The molecule has 6 heteroatoms. The van der Waals surface area contributed by atoms with Crippen molar-refractivity contribution in [3.8, 4) is 5.75 Å². The number of carbonyl (C=O) groups excluding carboxylic acids is 1. The van der Waals surface area contributed by atoms with Crippen LogP contribution >= 0.6 is 0 Å². The van der Waals surface area contributed by atoms with Crippen LogP contribution in [0, 0.1) is 0 Å². The highest BCUT2D eigenvalue weighted by Gasteiger charge is 2.39. The van der Waals surface area contributed by atoms with Gasteiger partial charge in [0.15, 0.2) is 12.5 Å². The lowest BCUT2D eigenvalue weighted by Gasteiger charge is -2.40. The minimum atomic E-state index is -0.646. The van der Waals surface area contributed by atoms with Crippen LogP contribution in [0.4, 0.5) is 11.4 Å². The predicted molar refractivity (Wildman–Crippen MR) is 91.5 cm³/mol. The van der Waals surface area contributed by atoms with Crippen molar-refractivity contribution >= 4 is 17.3 Å². The summed E-state index contributed by atoms with van der Waals surface area (Å²) >= 11 is 0. The van der Waals surface area contributed by atoms with Gasteiger partial charge in [0.2, 0.25) is 0 Å². The van der Waals surface area contributed by atoms with Crippen molar-refractivity contribution in [3.63, 3.8) is 0 Å². The maximum Gasteiger partial charge on any atom is 0.262 e. The minimum Gasteiger partial charge on any atom is -0.495 e. The quantitative estimate of drug-likeness (QED) is 0.855. The average Bonchev–Trinajstić information content (AvgIpc) is 2.63. The van der Waals surface area contributed by atoms with Gasteiger partial charge in [0.1, 0.15) is 5.75 Å². The van der Waals surface area contributed by atoms with Gasteiger partial charge in [-0.3, -0.25) is 9.69 Å². The second kappa shape index (κ2) is 6.90. The fourth-order valence-corrected chi connectivity index (χ4v) is 2.91. The van der Waals surface area contributed by atoms with Crippen molar-refractivity contribution in [2.45, 2.75) is 12.5 Å². The number of anilines is 2. The molecular formula is C18H20N2O4. The lowest BCUT2D eigenvalue weighted by atomic mass is 10.1. The monoisotopic (exact) mass is 328 g/mol. The van der Waals surface area contributed by atoms with Crippen LogP contribution < -0.4 is 15.0 Å². The molecule has 6 nitrogen and oxygen atoms in total. The van der Waals surface area contributed by atoms with Crippen LogP contribution in [0.3, 0.4) is 0 Å². The molecule has 0 fully saturated rings. The number of nitrogens with one attached hydrogen (secondary N) is 1. The summed E-state index contributed by atoms with van der Waals surface area (Å²) in [7, 11) is 4.66. The van der Waals surface area contributed by atoms with Crippen LogP contribution in [0.25, 0.3) is 0 Å². The molecule has 0 saturated heterocycles. The number of amides is 1. The third-order valence-electron chi connectivity index (χ3n) is 4.02. The second-order valence-corrected chi connectivity index (χ2v) is 5.32. The summed E-state index contributed by atoms with van der Waals surface area (Å²) < 4.78 is 16.2. The molecule has 2 aromatic rings. The lowest BCUT2D eigenvalue weighted by Crippen LogP contribution is -2.56. The molecule has 1 aliphatic heterocycles. The molecule has 0 saturated carbocycles. The summed E-state index contributed by atoms with van der Waals surface area (Å²) in [6.45, 7) is 0. The molecule has 3 rings (SSSR count). The van der Waals surface area contributed by atoms with E-state index in [9.17, 15) is 4.79 Å². The number of methoxy groups -OCH3 is 3. The molecule has 0 unspecified atom stereocenters. The largest absolute Gasteiger partial charge is 0.495 e. The average molecular weight is 328 g/mol. The zero-order chi connectivity index (χ0) is 17.1. The normalized spacial score (nSPS) is 16.8. The van der Waals surface area contributed by atoms with E-state index in [1.54, 1.807) is 32.3 Å². The molecule has 126 valence electrons. The van der Waals surface area contributed by atoms with Gasteiger partial charge in [-0.1, -0.05) is 24.3 Å². The van der Waals surface area contributed by atoms with E-state index in [-0.39, 0.29) is 5.91 Å². The Bertz CT molecular complexity index is 730. The Morgan fingerprint density at radius 1 is 1.00 bits per heavy atom. The molecule has 1 amide bonds. The van der Waals surface area contributed by atoms with E-state index in [2.05, 4.69) is 5.32 Å². The van der Waals surface area contributed by atoms with Crippen LogP contribution in [-0.2, 0) is 9.47 Å². The standard InChI is InChI=1S/C18H20N2O4/c1-22-15-11-7-6-10-14(15)20-16(18(23-2)24-3)19-13-9-5-4-8-12(13)17(20)21/h4-11,16,18-19H,1-3H3/t16-/m0/s1. The van der Waals surface area contributed by atoms with Crippen molar-refractivity contribution in [1.82, 2.24) is 0 Å². The molecule has 1 atom stereocenters. The van der Waals surface area contributed by atoms with Gasteiger partial charge in [-0.15, -0.1) is 0 Å². The van der Waals surface area contributed by atoms with Gasteiger partial charge in [-0.05, 0) is 24.3 Å². The maximum atomic E-state index is 13.2. The molecule has 0 aromatic heterocycles. The Hall–Kier alpha value is -2.57. The van der Waals surface area contributed by atoms with Crippen molar-refractivity contribution in [2.75, 3.05) is 31.5 Å². The Morgan fingerprint density at radius 2 is 1.67 bits per heavy atom. The van der Waals surface area contributed by atoms with Gasteiger partial charge in [0, 0.05) is 19.9 Å². The van der Waals surface area contributed by atoms with E-state index in [1.807, 2.05) is 42.5 Å². The summed E-state index contributed by atoms with van der Waals surface area (Å²) in [5.74, 6) is 0.459. The van der Waals surface area contributed by atoms with E-state index >= 15 is 0 Å². The summed E-state index contributed by atoms with van der Waals surface area (Å²) in [6.07, 6.45) is -1.18. The van der Waals surface area contributed by atoms with Gasteiger partial charge in [-0.25, -0.2) is 0 Å². The molecule has 0 radical (unpaired) electrons. The first-order valence-electron chi connectivity index (χ1n) is 7.59. The van der Waals surface area contributed by atoms with Gasteiger partial charge < -0.3 is 19.5 Å². The number of rotatable bonds is 5. The van der Waals surface area contributed by atoms with Crippen molar-refractivity contribution in [2.24, 2.45) is 0 Å². The van der Waals surface area contributed by atoms with E-state index in [1.165, 1.54) is 0 Å². The number of nitrogens with zero attached hydrogens (tertiary/aromatic N) is 1. The van der Waals surface area contributed by atoms with Gasteiger partial charge in [-0.2, -0.15) is 0 Å². The summed E-state index contributed by atoms with van der Waals surface area (Å²) in [5.41, 5.74) is 1.99. The van der Waals surface area contributed by atoms with Crippen LogP contribution in [0.15, 0.2) is 48.5 Å². The highest BCUT2D eigenvalue weighted by atomic mass is 16.7. The van der Waals surface area contributed by atoms with E-state index in [0.29, 0.717) is 17.0 Å². The molecular weight excluding hydrogens is 308 g/mol. The van der Waals surface area contributed by atoms with Crippen molar-refractivity contribution in [1.29, 1.82) is 0 Å². The van der Waals surface area contributed by atoms with Crippen molar-refractivity contribution < 1.29 is 19.0 Å². The number of hydrogen-bond donors (Lipinski definition) is 1.